The number of hydrogen-bond acceptors (Lipinski definition) is 3. The van der Waals surface area contributed by atoms with E-state index in [9.17, 15) is 4.79 Å². The minimum absolute atomic E-state index is 0.00200. The van der Waals surface area contributed by atoms with Gasteiger partial charge in [-0.3, -0.25) is 4.79 Å². The van der Waals surface area contributed by atoms with Crippen molar-refractivity contribution in [3.05, 3.63) is 24.1 Å². The van der Waals surface area contributed by atoms with Crippen LogP contribution in [0.25, 0.3) is 11.1 Å². The van der Waals surface area contributed by atoms with Crippen LogP contribution in [0.2, 0.25) is 0 Å². The molecule has 1 unspecified atom stereocenters. The topological polar surface area (TPSA) is 50.4 Å². The molecule has 25 heavy (non-hydrogen) atoms. The molecule has 2 rings (SSSR count). The molecule has 140 valence electrons. The summed E-state index contributed by atoms with van der Waals surface area (Å²) in [5, 5.41) is 3.15. The number of nitrogens with zero attached hydrogens (tertiary/aromatic N) is 2. The van der Waals surface area contributed by atoms with Crippen LogP contribution in [0.4, 0.5) is 0 Å². The molecule has 0 saturated carbocycles. The minimum atomic E-state index is -0.00200. The third-order valence-electron chi connectivity index (χ3n) is 4.87. The Hall–Kier alpha value is -1.75. The number of nitrogens with one attached hydrogen (secondary N) is 1. The lowest BCUT2D eigenvalue weighted by molar-refractivity contribution is 0.0928. The number of carbonyl (C=O) groups is 1. The summed E-state index contributed by atoms with van der Waals surface area (Å²) >= 11 is 0. The number of aryl methyl sites for hydroxylation is 1. The summed E-state index contributed by atoms with van der Waals surface area (Å²) in [6, 6.07) is 3.97. The standard InChI is InChI=1S/C20H33N3O2/c1-5-8-13-23-17-11-14-25-19(17)15-18(23)20(24)21-16(4)10-9-12-22(6-2)7-3/h11,14-16H,5-10,12-13H2,1-4H3,(H,21,24). The Morgan fingerprint density at radius 1 is 1.28 bits per heavy atom. The first kappa shape index (κ1) is 19.6. The van der Waals surface area contributed by atoms with Gasteiger partial charge in [0.25, 0.3) is 5.91 Å². The highest BCUT2D eigenvalue weighted by molar-refractivity contribution is 5.97. The zero-order valence-electron chi connectivity index (χ0n) is 16.2. The average molecular weight is 348 g/mol. The largest absolute Gasteiger partial charge is 0.463 e. The maximum Gasteiger partial charge on any atom is 0.268 e. The number of amides is 1. The molecule has 1 amide bonds. The van der Waals surface area contributed by atoms with Crippen molar-refractivity contribution in [1.29, 1.82) is 0 Å². The summed E-state index contributed by atoms with van der Waals surface area (Å²) in [6.45, 7) is 12.7. The molecule has 2 aromatic rings. The van der Waals surface area contributed by atoms with Crippen molar-refractivity contribution >= 4 is 17.0 Å². The zero-order chi connectivity index (χ0) is 18.2. The Morgan fingerprint density at radius 3 is 2.72 bits per heavy atom. The van der Waals surface area contributed by atoms with E-state index in [1.807, 2.05) is 12.1 Å². The number of hydrogen-bond donors (Lipinski definition) is 1. The average Bonchev–Trinajstić information content (AvgIpc) is 3.18. The van der Waals surface area contributed by atoms with Crippen LogP contribution in [0.5, 0.6) is 0 Å². The lowest BCUT2D eigenvalue weighted by Crippen LogP contribution is -2.34. The fraction of sp³-hybridized carbons (Fsp3) is 0.650. The van der Waals surface area contributed by atoms with Gasteiger partial charge in [0, 0.05) is 24.7 Å². The van der Waals surface area contributed by atoms with E-state index in [0.29, 0.717) is 5.69 Å². The molecule has 1 atom stereocenters. The van der Waals surface area contributed by atoms with Crippen LogP contribution >= 0.6 is 0 Å². The van der Waals surface area contributed by atoms with Crippen molar-refractivity contribution in [1.82, 2.24) is 14.8 Å². The normalized spacial score (nSPS) is 12.8. The van der Waals surface area contributed by atoms with Gasteiger partial charge in [-0.25, -0.2) is 0 Å². The van der Waals surface area contributed by atoms with Crippen LogP contribution in [0.1, 0.15) is 63.9 Å². The molecule has 0 saturated heterocycles. The predicted molar refractivity (Wildman–Crippen MR) is 103 cm³/mol. The van der Waals surface area contributed by atoms with Gasteiger partial charge in [0.2, 0.25) is 0 Å². The van der Waals surface area contributed by atoms with Crippen LogP contribution in [0.15, 0.2) is 22.8 Å². The van der Waals surface area contributed by atoms with E-state index in [4.69, 9.17) is 4.42 Å². The number of unbranched alkanes of at least 4 members (excludes halogenated alkanes) is 1. The minimum Gasteiger partial charge on any atom is -0.463 e. The summed E-state index contributed by atoms with van der Waals surface area (Å²) in [5.74, 6) is -0.00200. The lowest BCUT2D eigenvalue weighted by Gasteiger charge is -2.20. The molecule has 0 radical (unpaired) electrons. The summed E-state index contributed by atoms with van der Waals surface area (Å²) < 4.78 is 7.57. The van der Waals surface area contributed by atoms with Gasteiger partial charge >= 0.3 is 0 Å². The molecule has 1 N–H and O–H groups in total. The molecule has 0 aliphatic carbocycles. The van der Waals surface area contributed by atoms with Gasteiger partial charge < -0.3 is 19.2 Å². The second-order valence-electron chi connectivity index (χ2n) is 6.75. The van der Waals surface area contributed by atoms with Gasteiger partial charge in [-0.15, -0.1) is 0 Å². The third kappa shape index (κ3) is 5.11. The highest BCUT2D eigenvalue weighted by Gasteiger charge is 2.18. The smallest absolute Gasteiger partial charge is 0.268 e. The summed E-state index contributed by atoms with van der Waals surface area (Å²) in [6.07, 6.45) is 5.93. The summed E-state index contributed by atoms with van der Waals surface area (Å²) in [5.41, 5.74) is 2.50. The highest BCUT2D eigenvalue weighted by Crippen LogP contribution is 2.22. The Bertz CT molecular complexity index is 655. The number of furan rings is 1. The second kappa shape index (κ2) is 9.66. The van der Waals surface area contributed by atoms with Gasteiger partial charge in [-0.2, -0.15) is 0 Å². The van der Waals surface area contributed by atoms with Crippen molar-refractivity contribution in [3.63, 3.8) is 0 Å². The molecule has 0 fully saturated rings. The fourth-order valence-electron chi connectivity index (χ4n) is 3.25. The molecule has 2 heterocycles. The van der Waals surface area contributed by atoms with Crippen LogP contribution in [0.3, 0.4) is 0 Å². The van der Waals surface area contributed by atoms with E-state index in [0.717, 1.165) is 63.0 Å². The summed E-state index contributed by atoms with van der Waals surface area (Å²) in [7, 11) is 0. The Labute approximate surface area is 151 Å². The Balaban J connectivity index is 1.95. The van der Waals surface area contributed by atoms with Gasteiger partial charge in [-0.05, 0) is 45.8 Å². The number of aromatic nitrogens is 1. The van der Waals surface area contributed by atoms with E-state index < -0.39 is 0 Å². The van der Waals surface area contributed by atoms with E-state index in [2.05, 4.69) is 42.5 Å². The fourth-order valence-corrected chi connectivity index (χ4v) is 3.25. The molecule has 0 spiro atoms. The summed E-state index contributed by atoms with van der Waals surface area (Å²) in [4.78, 5) is 15.1. The molecule has 0 bridgehead atoms. The van der Waals surface area contributed by atoms with Gasteiger partial charge in [0.15, 0.2) is 5.58 Å². The first-order valence-corrected chi connectivity index (χ1v) is 9.70. The Kier molecular flexibility index (Phi) is 7.56. The zero-order valence-corrected chi connectivity index (χ0v) is 16.2. The highest BCUT2D eigenvalue weighted by atomic mass is 16.3. The molecule has 0 aromatic carbocycles. The first-order chi connectivity index (χ1) is 12.1. The van der Waals surface area contributed by atoms with Crippen molar-refractivity contribution < 1.29 is 9.21 Å². The van der Waals surface area contributed by atoms with Crippen LogP contribution < -0.4 is 5.32 Å². The van der Waals surface area contributed by atoms with Crippen LogP contribution in [0, 0.1) is 0 Å². The first-order valence-electron chi connectivity index (χ1n) is 9.70. The molecule has 2 aromatic heterocycles. The van der Waals surface area contributed by atoms with Gasteiger partial charge in [0.1, 0.15) is 5.69 Å². The monoisotopic (exact) mass is 347 g/mol. The van der Waals surface area contributed by atoms with Crippen molar-refractivity contribution in [2.75, 3.05) is 19.6 Å². The molecule has 5 nitrogen and oxygen atoms in total. The third-order valence-corrected chi connectivity index (χ3v) is 4.87. The second-order valence-corrected chi connectivity index (χ2v) is 6.75. The maximum atomic E-state index is 12.7. The quantitative estimate of drug-likeness (QED) is 0.660. The molecule has 0 aliphatic rings. The van der Waals surface area contributed by atoms with Crippen molar-refractivity contribution in [2.24, 2.45) is 0 Å². The van der Waals surface area contributed by atoms with Gasteiger partial charge in [-0.1, -0.05) is 27.2 Å². The van der Waals surface area contributed by atoms with Crippen molar-refractivity contribution in [3.8, 4) is 0 Å². The van der Waals surface area contributed by atoms with E-state index in [-0.39, 0.29) is 11.9 Å². The maximum absolute atomic E-state index is 12.7. The molecular formula is C20H33N3O2. The predicted octanol–water partition coefficient (Wildman–Crippen LogP) is 4.27. The van der Waals surface area contributed by atoms with E-state index in [1.165, 1.54) is 0 Å². The SMILES string of the molecule is CCCCn1c(C(=O)NC(C)CCCN(CC)CC)cc2occc21. The van der Waals surface area contributed by atoms with Crippen molar-refractivity contribution in [2.45, 2.75) is 66.0 Å². The molecule has 5 heteroatoms. The number of carbonyl (C=O) groups excluding carboxylic acids is 1. The molecule has 0 aliphatic heterocycles. The van der Waals surface area contributed by atoms with Gasteiger partial charge in [0.05, 0.1) is 11.8 Å². The Morgan fingerprint density at radius 2 is 2.04 bits per heavy atom. The van der Waals surface area contributed by atoms with Crippen LogP contribution in [-0.2, 0) is 6.54 Å². The van der Waals surface area contributed by atoms with E-state index in [1.54, 1.807) is 6.26 Å². The van der Waals surface area contributed by atoms with E-state index >= 15 is 0 Å². The van der Waals surface area contributed by atoms with Crippen LogP contribution in [-0.4, -0.2) is 41.1 Å². The lowest BCUT2D eigenvalue weighted by atomic mass is 10.1. The number of rotatable bonds is 11. The molecular weight excluding hydrogens is 314 g/mol. The number of fused-ring (bicyclic) bond motifs is 1.